The zero-order chi connectivity index (χ0) is 11.3. The maximum Gasteiger partial charge on any atom is 0.264 e. The Bertz CT molecular complexity index is 376. The number of rotatable bonds is 5. The van der Waals surface area contributed by atoms with Gasteiger partial charge in [-0.15, -0.1) is 0 Å². The zero-order valence-electron chi connectivity index (χ0n) is 8.97. The van der Waals surface area contributed by atoms with E-state index in [4.69, 9.17) is 4.74 Å². The molecule has 1 aromatic heterocycles. The van der Waals surface area contributed by atoms with Crippen LogP contribution in [0.5, 0.6) is 0 Å². The van der Waals surface area contributed by atoms with Crippen LogP contribution in [0.4, 0.5) is 0 Å². The normalized spacial score (nSPS) is 10.6. The summed E-state index contributed by atoms with van der Waals surface area (Å²) in [7, 11) is 1.64. The third-order valence-corrected chi connectivity index (χ3v) is 3.12. The average molecular weight is 322 g/mol. The molecule has 0 radical (unpaired) electrons. The predicted molar refractivity (Wildman–Crippen MR) is 67.1 cm³/mol. The molecule has 15 heavy (non-hydrogen) atoms. The number of ether oxygens (including phenoxy) is 1. The number of nitrogens with one attached hydrogen (secondary N) is 1. The van der Waals surface area contributed by atoms with Crippen molar-refractivity contribution in [1.29, 1.82) is 0 Å². The molecule has 0 bridgehead atoms. The molecule has 0 aliphatic rings. The molecule has 0 saturated heterocycles. The van der Waals surface area contributed by atoms with Crippen molar-refractivity contribution in [3.05, 3.63) is 25.4 Å². The molecule has 5 heteroatoms. The largest absolute Gasteiger partial charge is 0.384 e. The summed E-state index contributed by atoms with van der Waals surface area (Å²) in [4.78, 5) is 18.7. The predicted octanol–water partition coefficient (Wildman–Crippen LogP) is 1.52. The van der Waals surface area contributed by atoms with Crippen LogP contribution in [-0.4, -0.2) is 23.7 Å². The molecule has 0 aliphatic heterocycles. The topological polar surface area (TPSA) is 55.0 Å². The summed E-state index contributed by atoms with van der Waals surface area (Å²) in [5.41, 5.74) is 0.855. The van der Waals surface area contributed by atoms with Crippen LogP contribution in [0.25, 0.3) is 0 Å². The van der Waals surface area contributed by atoms with Gasteiger partial charge in [0, 0.05) is 13.5 Å². The molecule has 0 unspecified atom stereocenters. The van der Waals surface area contributed by atoms with Crippen molar-refractivity contribution in [3.63, 3.8) is 0 Å². The summed E-state index contributed by atoms with van der Waals surface area (Å²) >= 11 is 2.05. The van der Waals surface area contributed by atoms with Crippen LogP contribution in [0.15, 0.2) is 4.79 Å². The number of hydrogen-bond donors (Lipinski definition) is 1. The summed E-state index contributed by atoms with van der Waals surface area (Å²) < 4.78 is 5.66. The number of methoxy groups -OCH3 is 1. The first kappa shape index (κ1) is 12.6. The molecule has 0 amide bonds. The summed E-state index contributed by atoms with van der Waals surface area (Å²) in [6.45, 7) is 2.66. The maximum absolute atomic E-state index is 11.6. The molecule has 0 spiro atoms. The van der Waals surface area contributed by atoms with Gasteiger partial charge in [-0.25, -0.2) is 4.98 Å². The summed E-state index contributed by atoms with van der Waals surface area (Å²) in [5, 5.41) is 0. The third kappa shape index (κ3) is 3.57. The maximum atomic E-state index is 11.6. The van der Waals surface area contributed by atoms with Crippen molar-refractivity contribution in [2.24, 2.45) is 0 Å². The molecule has 84 valence electrons. The fraction of sp³-hybridized carbons (Fsp3) is 0.600. The highest BCUT2D eigenvalue weighted by atomic mass is 127. The highest BCUT2D eigenvalue weighted by Crippen LogP contribution is 2.07. The number of halogens is 1. The second kappa shape index (κ2) is 6.22. The molecule has 0 aromatic carbocycles. The molecule has 0 atom stereocenters. The van der Waals surface area contributed by atoms with Crippen molar-refractivity contribution >= 4 is 22.6 Å². The van der Waals surface area contributed by atoms with Crippen molar-refractivity contribution < 1.29 is 4.74 Å². The SMILES string of the molecule is CCCc1nc(CCOC)[nH]c(=O)c1I. The van der Waals surface area contributed by atoms with E-state index in [0.29, 0.717) is 22.4 Å². The van der Waals surface area contributed by atoms with Gasteiger partial charge < -0.3 is 9.72 Å². The van der Waals surface area contributed by atoms with Gasteiger partial charge in [0.15, 0.2) is 0 Å². The van der Waals surface area contributed by atoms with Crippen molar-refractivity contribution in [2.45, 2.75) is 26.2 Å². The molecule has 1 aromatic rings. The fourth-order valence-corrected chi connectivity index (χ4v) is 1.80. The van der Waals surface area contributed by atoms with Gasteiger partial charge >= 0.3 is 0 Å². The lowest BCUT2D eigenvalue weighted by atomic mass is 10.2. The standard InChI is InChI=1S/C10H15IN2O2/c1-3-4-7-9(11)10(14)13-8(12-7)5-6-15-2/h3-6H2,1-2H3,(H,12,13,14). The van der Waals surface area contributed by atoms with E-state index in [2.05, 4.69) is 16.9 Å². The Balaban J connectivity index is 2.95. The molecule has 0 saturated carbocycles. The van der Waals surface area contributed by atoms with E-state index in [1.807, 2.05) is 22.6 Å². The summed E-state index contributed by atoms with van der Waals surface area (Å²) in [6.07, 6.45) is 2.50. The van der Waals surface area contributed by atoms with Crippen LogP contribution in [-0.2, 0) is 17.6 Å². The number of aromatic nitrogens is 2. The van der Waals surface area contributed by atoms with Crippen LogP contribution >= 0.6 is 22.6 Å². The first-order valence-corrected chi connectivity index (χ1v) is 6.03. The molecule has 0 aliphatic carbocycles. The van der Waals surface area contributed by atoms with Crippen LogP contribution in [0.2, 0.25) is 0 Å². The van der Waals surface area contributed by atoms with Gasteiger partial charge in [0.05, 0.1) is 15.9 Å². The quantitative estimate of drug-likeness (QED) is 0.836. The summed E-state index contributed by atoms with van der Waals surface area (Å²) in [6, 6.07) is 0. The Morgan fingerprint density at radius 1 is 1.47 bits per heavy atom. The van der Waals surface area contributed by atoms with Gasteiger partial charge in [0.25, 0.3) is 5.56 Å². The Labute approximate surface area is 103 Å². The molecule has 1 rings (SSSR count). The number of aryl methyl sites for hydroxylation is 1. The van der Waals surface area contributed by atoms with Crippen LogP contribution in [0.1, 0.15) is 24.9 Å². The van der Waals surface area contributed by atoms with Gasteiger partial charge in [-0.1, -0.05) is 13.3 Å². The molecule has 4 nitrogen and oxygen atoms in total. The van der Waals surface area contributed by atoms with Gasteiger partial charge in [-0.05, 0) is 29.0 Å². The van der Waals surface area contributed by atoms with E-state index in [1.165, 1.54) is 0 Å². The smallest absolute Gasteiger partial charge is 0.264 e. The Kier molecular flexibility index (Phi) is 5.24. The molecular weight excluding hydrogens is 307 g/mol. The van der Waals surface area contributed by atoms with E-state index >= 15 is 0 Å². The molecule has 0 fully saturated rings. The Hall–Kier alpha value is -0.430. The van der Waals surface area contributed by atoms with Crippen molar-refractivity contribution in [3.8, 4) is 0 Å². The van der Waals surface area contributed by atoms with Crippen LogP contribution in [0.3, 0.4) is 0 Å². The Morgan fingerprint density at radius 3 is 2.80 bits per heavy atom. The lowest BCUT2D eigenvalue weighted by molar-refractivity contribution is 0.200. The van der Waals surface area contributed by atoms with E-state index in [-0.39, 0.29) is 5.56 Å². The van der Waals surface area contributed by atoms with Crippen molar-refractivity contribution in [2.75, 3.05) is 13.7 Å². The first-order chi connectivity index (χ1) is 7.19. The van der Waals surface area contributed by atoms with E-state index < -0.39 is 0 Å². The number of nitrogens with zero attached hydrogens (tertiary/aromatic N) is 1. The average Bonchev–Trinajstić information content (AvgIpc) is 2.22. The van der Waals surface area contributed by atoms with E-state index in [0.717, 1.165) is 18.5 Å². The zero-order valence-corrected chi connectivity index (χ0v) is 11.1. The first-order valence-electron chi connectivity index (χ1n) is 4.95. The van der Waals surface area contributed by atoms with E-state index in [1.54, 1.807) is 7.11 Å². The highest BCUT2D eigenvalue weighted by molar-refractivity contribution is 14.1. The number of hydrogen-bond acceptors (Lipinski definition) is 3. The second-order valence-corrected chi connectivity index (χ2v) is 4.34. The molecular formula is C10H15IN2O2. The lowest BCUT2D eigenvalue weighted by Crippen LogP contribution is -2.19. The van der Waals surface area contributed by atoms with E-state index in [9.17, 15) is 4.79 Å². The van der Waals surface area contributed by atoms with Gasteiger partial charge in [0.2, 0.25) is 0 Å². The minimum absolute atomic E-state index is 0.0415. The number of aromatic amines is 1. The van der Waals surface area contributed by atoms with Gasteiger partial charge in [-0.2, -0.15) is 0 Å². The highest BCUT2D eigenvalue weighted by Gasteiger charge is 2.07. The second-order valence-electron chi connectivity index (χ2n) is 3.27. The van der Waals surface area contributed by atoms with Crippen LogP contribution < -0.4 is 5.56 Å². The third-order valence-electron chi connectivity index (χ3n) is 2.01. The molecule has 1 N–H and O–H groups in total. The monoisotopic (exact) mass is 322 g/mol. The van der Waals surface area contributed by atoms with Gasteiger partial charge in [-0.3, -0.25) is 4.79 Å². The minimum atomic E-state index is -0.0415. The van der Waals surface area contributed by atoms with Crippen molar-refractivity contribution in [1.82, 2.24) is 9.97 Å². The minimum Gasteiger partial charge on any atom is -0.384 e. The fourth-order valence-electron chi connectivity index (χ4n) is 1.28. The molecule has 1 heterocycles. The van der Waals surface area contributed by atoms with Gasteiger partial charge in [0.1, 0.15) is 5.82 Å². The lowest BCUT2D eigenvalue weighted by Gasteiger charge is -2.05. The van der Waals surface area contributed by atoms with Crippen LogP contribution in [0, 0.1) is 3.57 Å². The summed E-state index contributed by atoms with van der Waals surface area (Å²) in [5.74, 6) is 0.714. The number of H-pyrrole nitrogens is 1. The Morgan fingerprint density at radius 2 is 2.20 bits per heavy atom.